The first kappa shape index (κ1) is 32.1. The summed E-state index contributed by atoms with van der Waals surface area (Å²) in [7, 11) is 1.63. The minimum Gasteiger partial charge on any atom is -0.493 e. The van der Waals surface area contributed by atoms with Crippen molar-refractivity contribution < 1.29 is 27.8 Å². The van der Waals surface area contributed by atoms with E-state index in [0.717, 1.165) is 63.7 Å². The van der Waals surface area contributed by atoms with Gasteiger partial charge in [-0.1, -0.05) is 42.8 Å². The van der Waals surface area contributed by atoms with Crippen LogP contribution in [-0.2, 0) is 17.4 Å². The van der Waals surface area contributed by atoms with Gasteiger partial charge >= 0.3 is 12.1 Å². The van der Waals surface area contributed by atoms with Gasteiger partial charge < -0.3 is 15.2 Å². The van der Waals surface area contributed by atoms with Crippen LogP contribution < -0.4 is 10.1 Å². The molecule has 1 aliphatic rings. The SMILES string of the molecule is CCCC(CCNC(=NC)Sc1cccc(C(F)(F)F)c1)(CCOc1cc(Cl)cc(CC(=O)O)c1)N1CCCC1. The van der Waals surface area contributed by atoms with Gasteiger partial charge in [-0.2, -0.15) is 13.2 Å². The fourth-order valence-electron chi connectivity index (χ4n) is 5.26. The standard InChI is InChI=1S/C29H37ClF3N3O3S/c1-3-9-28(36-13-4-5-14-36,11-15-39-24-17-21(18-26(37)38)16-23(30)20-24)10-12-35-27(34-2)40-25-8-6-7-22(19-25)29(31,32)33/h6-8,16-17,19-20H,3-5,9-15,18H2,1-2H3,(H,34,35)(H,37,38). The number of carbonyl (C=O) groups is 1. The van der Waals surface area contributed by atoms with E-state index in [1.165, 1.54) is 17.8 Å². The monoisotopic (exact) mass is 599 g/mol. The number of likely N-dealkylation sites (tertiary alicyclic amines) is 1. The predicted molar refractivity (Wildman–Crippen MR) is 155 cm³/mol. The first-order valence-corrected chi connectivity index (χ1v) is 14.7. The molecule has 0 saturated carbocycles. The number of carboxylic acid groups (broad SMARTS) is 1. The van der Waals surface area contributed by atoms with Gasteiger partial charge in [-0.3, -0.25) is 14.7 Å². The third-order valence-corrected chi connectivity index (χ3v) is 8.29. The molecule has 0 aromatic heterocycles. The molecule has 1 heterocycles. The highest BCUT2D eigenvalue weighted by Crippen LogP contribution is 2.34. The quantitative estimate of drug-likeness (QED) is 0.145. The van der Waals surface area contributed by atoms with E-state index in [1.807, 2.05) is 0 Å². The van der Waals surface area contributed by atoms with E-state index in [2.05, 4.69) is 22.1 Å². The highest BCUT2D eigenvalue weighted by Gasteiger charge is 2.37. The van der Waals surface area contributed by atoms with E-state index in [1.54, 1.807) is 31.3 Å². The Morgan fingerprint density at radius 1 is 1.15 bits per heavy atom. The molecule has 0 spiro atoms. The van der Waals surface area contributed by atoms with Crippen molar-refractivity contribution in [2.75, 3.05) is 33.3 Å². The molecule has 3 rings (SSSR count). The Hall–Kier alpha value is -2.43. The minimum absolute atomic E-state index is 0.125. The number of hydrogen-bond acceptors (Lipinski definition) is 5. The smallest absolute Gasteiger partial charge is 0.416 e. The average Bonchev–Trinajstić information content (AvgIpc) is 3.43. The summed E-state index contributed by atoms with van der Waals surface area (Å²) in [6.07, 6.45) is 1.29. The summed E-state index contributed by atoms with van der Waals surface area (Å²) in [6.45, 7) is 5.23. The van der Waals surface area contributed by atoms with E-state index >= 15 is 0 Å². The molecular formula is C29H37ClF3N3O3S. The van der Waals surface area contributed by atoms with Gasteiger partial charge in [0, 0.05) is 29.0 Å². The fourth-order valence-corrected chi connectivity index (χ4v) is 6.33. The van der Waals surface area contributed by atoms with Crippen LogP contribution in [0.25, 0.3) is 0 Å². The van der Waals surface area contributed by atoms with Gasteiger partial charge in [0.05, 0.1) is 18.6 Å². The molecular weight excluding hydrogens is 563 g/mol. The average molecular weight is 600 g/mol. The van der Waals surface area contributed by atoms with Gasteiger partial charge in [0.25, 0.3) is 0 Å². The Bertz CT molecular complexity index is 1160. The lowest BCUT2D eigenvalue weighted by Gasteiger charge is -2.42. The molecule has 1 aliphatic heterocycles. The van der Waals surface area contributed by atoms with Crippen molar-refractivity contribution in [2.24, 2.45) is 4.99 Å². The summed E-state index contributed by atoms with van der Waals surface area (Å²) in [4.78, 5) is 18.4. The number of halogens is 4. The maximum atomic E-state index is 13.1. The van der Waals surface area contributed by atoms with Gasteiger partial charge in [0.1, 0.15) is 5.75 Å². The fraction of sp³-hybridized carbons (Fsp3) is 0.517. The van der Waals surface area contributed by atoms with Crippen LogP contribution in [0, 0.1) is 0 Å². The van der Waals surface area contributed by atoms with Gasteiger partial charge in [0.2, 0.25) is 0 Å². The number of nitrogens with one attached hydrogen (secondary N) is 1. The third kappa shape index (κ3) is 9.59. The zero-order chi connectivity index (χ0) is 29.2. The van der Waals surface area contributed by atoms with E-state index in [0.29, 0.717) is 39.6 Å². The number of nitrogens with zero attached hydrogens (tertiary/aromatic N) is 2. The summed E-state index contributed by atoms with van der Waals surface area (Å²) in [5, 5.41) is 13.5. The number of alkyl halides is 3. The molecule has 0 amide bonds. The van der Waals surface area contributed by atoms with Crippen molar-refractivity contribution in [2.45, 2.75) is 68.5 Å². The topological polar surface area (TPSA) is 74.2 Å². The first-order valence-electron chi connectivity index (χ1n) is 13.5. The predicted octanol–water partition coefficient (Wildman–Crippen LogP) is 7.15. The normalized spacial score (nSPS) is 16.1. The largest absolute Gasteiger partial charge is 0.493 e. The molecule has 1 saturated heterocycles. The highest BCUT2D eigenvalue weighted by atomic mass is 35.5. The molecule has 0 bridgehead atoms. The number of rotatable bonds is 13. The Morgan fingerprint density at radius 2 is 1.90 bits per heavy atom. The third-order valence-electron chi connectivity index (χ3n) is 7.06. The Labute approximate surface area is 243 Å². The molecule has 0 radical (unpaired) electrons. The number of aliphatic imine (C=N–C) groups is 1. The van der Waals surface area contributed by atoms with E-state index in [-0.39, 0.29) is 12.0 Å². The number of thioether (sulfide) groups is 1. The molecule has 1 unspecified atom stereocenters. The maximum Gasteiger partial charge on any atom is 0.416 e. The Kier molecular flexibility index (Phi) is 12.0. The minimum atomic E-state index is -4.39. The van der Waals surface area contributed by atoms with Crippen molar-refractivity contribution in [3.63, 3.8) is 0 Å². The molecule has 1 atom stereocenters. The molecule has 220 valence electrons. The summed E-state index contributed by atoms with van der Waals surface area (Å²) in [6, 6.07) is 10.3. The van der Waals surface area contributed by atoms with Crippen LogP contribution in [0.4, 0.5) is 13.2 Å². The lowest BCUT2D eigenvalue weighted by Crippen LogP contribution is -2.50. The lowest BCUT2D eigenvalue weighted by atomic mass is 9.84. The number of carboxylic acids is 1. The number of benzene rings is 2. The Morgan fingerprint density at radius 3 is 2.55 bits per heavy atom. The van der Waals surface area contributed by atoms with Crippen molar-refractivity contribution >= 4 is 34.5 Å². The van der Waals surface area contributed by atoms with Gasteiger partial charge in [0.15, 0.2) is 5.17 Å². The molecule has 0 aliphatic carbocycles. The van der Waals surface area contributed by atoms with Crippen LogP contribution in [0.2, 0.25) is 5.02 Å². The molecule has 11 heteroatoms. The van der Waals surface area contributed by atoms with Crippen LogP contribution in [0.3, 0.4) is 0 Å². The number of aliphatic carboxylic acids is 1. The van der Waals surface area contributed by atoms with Gasteiger partial charge in [-0.15, -0.1) is 0 Å². The van der Waals surface area contributed by atoms with Crippen LogP contribution in [-0.4, -0.2) is 60.0 Å². The molecule has 2 aromatic carbocycles. The molecule has 40 heavy (non-hydrogen) atoms. The molecule has 2 aromatic rings. The summed E-state index contributed by atoms with van der Waals surface area (Å²) < 4.78 is 45.5. The second-order valence-electron chi connectivity index (χ2n) is 9.97. The van der Waals surface area contributed by atoms with Crippen LogP contribution >= 0.6 is 23.4 Å². The van der Waals surface area contributed by atoms with Crippen molar-refractivity contribution in [3.8, 4) is 5.75 Å². The second-order valence-corrected chi connectivity index (χ2v) is 11.5. The van der Waals surface area contributed by atoms with Gasteiger partial charge in [-0.25, -0.2) is 0 Å². The lowest BCUT2D eigenvalue weighted by molar-refractivity contribution is -0.138. The summed E-state index contributed by atoms with van der Waals surface area (Å²) >= 11 is 7.38. The first-order chi connectivity index (χ1) is 19.0. The van der Waals surface area contributed by atoms with Crippen molar-refractivity contribution in [1.82, 2.24) is 10.2 Å². The van der Waals surface area contributed by atoms with E-state index < -0.39 is 17.7 Å². The summed E-state index contributed by atoms with van der Waals surface area (Å²) in [5.74, 6) is -0.385. The van der Waals surface area contributed by atoms with Crippen LogP contribution in [0.1, 0.15) is 56.6 Å². The molecule has 2 N–H and O–H groups in total. The van der Waals surface area contributed by atoms with Crippen LogP contribution in [0.5, 0.6) is 5.75 Å². The molecule has 6 nitrogen and oxygen atoms in total. The maximum absolute atomic E-state index is 13.1. The zero-order valence-corrected chi connectivity index (χ0v) is 24.5. The zero-order valence-electron chi connectivity index (χ0n) is 22.9. The van der Waals surface area contributed by atoms with Crippen LogP contribution in [0.15, 0.2) is 52.4 Å². The van der Waals surface area contributed by atoms with Crippen molar-refractivity contribution in [1.29, 1.82) is 0 Å². The number of hydrogen-bond donors (Lipinski definition) is 2. The number of amidine groups is 1. The molecule has 1 fully saturated rings. The van der Waals surface area contributed by atoms with Gasteiger partial charge in [-0.05, 0) is 87.2 Å². The Balaban J connectivity index is 1.67. The van der Waals surface area contributed by atoms with Crippen molar-refractivity contribution in [3.05, 3.63) is 58.6 Å². The number of ether oxygens (including phenoxy) is 1. The second kappa shape index (κ2) is 15.0. The highest BCUT2D eigenvalue weighted by molar-refractivity contribution is 8.13. The summed E-state index contributed by atoms with van der Waals surface area (Å²) in [5.41, 5.74) is -0.220. The van der Waals surface area contributed by atoms with E-state index in [9.17, 15) is 18.0 Å². The van der Waals surface area contributed by atoms with E-state index in [4.69, 9.17) is 21.4 Å².